The number of esters is 2. The number of carbonyl (C=O) groups excluding carboxylic acids is 3. The van der Waals surface area contributed by atoms with E-state index in [1.54, 1.807) is 24.5 Å². The van der Waals surface area contributed by atoms with Crippen LogP contribution < -0.4 is 5.32 Å². The molecule has 2 atom stereocenters. The number of nitrogens with one attached hydrogen (secondary N) is 2. The van der Waals surface area contributed by atoms with Crippen molar-refractivity contribution in [3.8, 4) is 0 Å². The van der Waals surface area contributed by atoms with Crippen molar-refractivity contribution in [2.24, 2.45) is 0 Å². The molecule has 1 aliphatic heterocycles. The molecule has 2 N–H and O–H groups in total. The van der Waals surface area contributed by atoms with Gasteiger partial charge in [-0.05, 0) is 12.5 Å². The largest absolute Gasteiger partial charge is 0.469 e. The van der Waals surface area contributed by atoms with Gasteiger partial charge in [-0.2, -0.15) is 0 Å². The van der Waals surface area contributed by atoms with Gasteiger partial charge in [-0.1, -0.05) is 35.3 Å². The van der Waals surface area contributed by atoms with Crippen molar-refractivity contribution >= 4 is 41.2 Å². The van der Waals surface area contributed by atoms with Crippen LogP contribution in [0.4, 0.5) is 4.79 Å². The molecule has 31 heavy (non-hydrogen) atoms. The average molecular weight is 469 g/mol. The number of H-pyrrole nitrogens is 1. The summed E-state index contributed by atoms with van der Waals surface area (Å²) in [7, 11) is 2.47. The number of nitrogens with zero attached hydrogens (tertiary/aromatic N) is 2. The Balaban J connectivity index is 1.89. The number of aromatic nitrogens is 2. The molecule has 9 nitrogen and oxygen atoms in total. The molecule has 11 heteroatoms. The SMILES string of the molecule is COC(=O)CC[C@@H](NC(=O)N1CCc2[nH]cnc2[C@@H]1c1cccc(Cl)c1Cl)C(=O)OC. The number of hydrogen-bond acceptors (Lipinski definition) is 6. The number of ether oxygens (including phenoxy) is 2. The summed E-state index contributed by atoms with van der Waals surface area (Å²) in [6, 6.07) is 3.03. The van der Waals surface area contributed by atoms with Gasteiger partial charge in [-0.25, -0.2) is 14.6 Å². The molecule has 0 unspecified atom stereocenters. The first-order valence-electron chi connectivity index (χ1n) is 9.55. The van der Waals surface area contributed by atoms with Gasteiger partial charge in [0, 0.05) is 30.6 Å². The van der Waals surface area contributed by atoms with Crippen LogP contribution in [0.2, 0.25) is 10.0 Å². The third-order valence-corrected chi connectivity index (χ3v) is 5.94. The lowest BCUT2D eigenvalue weighted by molar-refractivity contribution is -0.144. The number of benzene rings is 1. The summed E-state index contributed by atoms with van der Waals surface area (Å²) >= 11 is 12.7. The topological polar surface area (TPSA) is 114 Å². The fourth-order valence-electron chi connectivity index (χ4n) is 3.53. The second-order valence-corrected chi connectivity index (χ2v) is 7.68. The standard InChI is InChI=1S/C20H22Cl2N4O5/c1-30-15(27)7-6-14(19(28)31-2)25-20(29)26-9-8-13-17(24-10-23-13)18(26)11-4-3-5-12(21)16(11)22/h3-5,10,14,18H,6-9H2,1-2H3,(H,23,24)(H,25,29)/t14-,18+/m1/s1. The molecule has 166 valence electrons. The molecule has 2 amide bonds. The van der Waals surface area contributed by atoms with Crippen LogP contribution in [-0.2, 0) is 25.5 Å². The van der Waals surface area contributed by atoms with Gasteiger partial charge in [0.15, 0.2) is 0 Å². The Labute approximate surface area is 189 Å². The summed E-state index contributed by atoms with van der Waals surface area (Å²) in [5, 5.41) is 3.34. The fraction of sp³-hybridized carbons (Fsp3) is 0.400. The van der Waals surface area contributed by atoms with E-state index < -0.39 is 30.1 Å². The van der Waals surface area contributed by atoms with Crippen molar-refractivity contribution in [2.75, 3.05) is 20.8 Å². The highest BCUT2D eigenvalue weighted by atomic mass is 35.5. The number of amides is 2. The number of fused-ring (bicyclic) bond motifs is 1. The maximum Gasteiger partial charge on any atom is 0.328 e. The average Bonchev–Trinajstić information content (AvgIpc) is 3.26. The first-order chi connectivity index (χ1) is 14.9. The molecule has 0 saturated carbocycles. The lowest BCUT2D eigenvalue weighted by Crippen LogP contribution is -2.51. The number of methoxy groups -OCH3 is 2. The Morgan fingerprint density at radius 1 is 1.29 bits per heavy atom. The number of aromatic amines is 1. The van der Waals surface area contributed by atoms with Crippen molar-refractivity contribution in [1.82, 2.24) is 20.2 Å². The summed E-state index contributed by atoms with van der Waals surface area (Å²) in [4.78, 5) is 45.9. The van der Waals surface area contributed by atoms with Gasteiger partial charge < -0.3 is 24.7 Å². The van der Waals surface area contributed by atoms with E-state index in [0.29, 0.717) is 34.3 Å². The van der Waals surface area contributed by atoms with Crippen LogP contribution in [-0.4, -0.2) is 59.6 Å². The van der Waals surface area contributed by atoms with Crippen LogP contribution in [0, 0.1) is 0 Å². The number of hydrogen-bond donors (Lipinski definition) is 2. The molecule has 2 heterocycles. The van der Waals surface area contributed by atoms with E-state index in [0.717, 1.165) is 5.69 Å². The molecule has 2 aromatic rings. The van der Waals surface area contributed by atoms with Gasteiger partial charge in [0.2, 0.25) is 0 Å². The maximum atomic E-state index is 13.2. The second kappa shape index (κ2) is 10.0. The molecule has 0 radical (unpaired) electrons. The number of halogens is 2. The third kappa shape index (κ3) is 4.94. The first kappa shape index (κ1) is 22.9. The van der Waals surface area contributed by atoms with Gasteiger partial charge in [0.25, 0.3) is 0 Å². The number of imidazole rings is 1. The van der Waals surface area contributed by atoms with E-state index in [2.05, 4.69) is 20.0 Å². The van der Waals surface area contributed by atoms with E-state index >= 15 is 0 Å². The van der Waals surface area contributed by atoms with Crippen molar-refractivity contribution in [2.45, 2.75) is 31.3 Å². The molecule has 0 saturated heterocycles. The van der Waals surface area contributed by atoms with Crippen LogP contribution in [0.25, 0.3) is 0 Å². The predicted octanol–water partition coefficient (Wildman–Crippen LogP) is 2.87. The van der Waals surface area contributed by atoms with Crippen LogP contribution >= 0.6 is 23.2 Å². The Morgan fingerprint density at radius 2 is 2.06 bits per heavy atom. The van der Waals surface area contributed by atoms with Gasteiger partial charge in [0.1, 0.15) is 12.1 Å². The quantitative estimate of drug-likeness (QED) is 0.629. The zero-order valence-electron chi connectivity index (χ0n) is 17.0. The molecule has 1 aliphatic rings. The van der Waals surface area contributed by atoms with Crippen molar-refractivity contribution in [1.29, 1.82) is 0 Å². The minimum atomic E-state index is -1.02. The highest BCUT2D eigenvalue weighted by Crippen LogP contribution is 2.39. The molecule has 0 aliphatic carbocycles. The van der Waals surface area contributed by atoms with Crippen LogP contribution in [0.15, 0.2) is 24.5 Å². The van der Waals surface area contributed by atoms with E-state index in [4.69, 9.17) is 27.9 Å². The monoisotopic (exact) mass is 468 g/mol. The highest BCUT2D eigenvalue weighted by molar-refractivity contribution is 6.42. The van der Waals surface area contributed by atoms with E-state index in [1.165, 1.54) is 19.1 Å². The Bertz CT molecular complexity index is 980. The molecular weight excluding hydrogens is 447 g/mol. The van der Waals surface area contributed by atoms with Crippen molar-refractivity contribution < 1.29 is 23.9 Å². The number of carbonyl (C=O) groups is 3. The Hall–Kier alpha value is -2.78. The van der Waals surface area contributed by atoms with Gasteiger partial charge in [-0.15, -0.1) is 0 Å². The summed E-state index contributed by atoms with van der Waals surface area (Å²) in [6.07, 6.45) is 2.09. The van der Waals surface area contributed by atoms with Crippen LogP contribution in [0.3, 0.4) is 0 Å². The summed E-state index contributed by atoms with van der Waals surface area (Å²) < 4.78 is 9.39. The molecule has 3 rings (SSSR count). The zero-order chi connectivity index (χ0) is 22.5. The van der Waals surface area contributed by atoms with Gasteiger partial charge in [0.05, 0.1) is 36.3 Å². The van der Waals surface area contributed by atoms with Gasteiger partial charge in [-0.3, -0.25) is 4.79 Å². The normalized spacial score (nSPS) is 16.3. The molecule has 0 bridgehead atoms. The lowest BCUT2D eigenvalue weighted by Gasteiger charge is -2.36. The van der Waals surface area contributed by atoms with Crippen molar-refractivity contribution in [3.05, 3.63) is 51.5 Å². The number of urea groups is 1. The molecule has 1 aromatic carbocycles. The third-order valence-electron chi connectivity index (χ3n) is 5.11. The molecule has 0 spiro atoms. The second-order valence-electron chi connectivity index (χ2n) is 6.90. The minimum Gasteiger partial charge on any atom is -0.469 e. The fourth-order valence-corrected chi connectivity index (χ4v) is 3.94. The van der Waals surface area contributed by atoms with E-state index in [9.17, 15) is 14.4 Å². The van der Waals surface area contributed by atoms with Crippen LogP contribution in [0.1, 0.15) is 35.8 Å². The molecular formula is C20H22Cl2N4O5. The first-order valence-corrected chi connectivity index (χ1v) is 10.3. The minimum absolute atomic E-state index is 0.0369. The lowest BCUT2D eigenvalue weighted by atomic mass is 9.96. The number of rotatable bonds is 6. The summed E-state index contributed by atoms with van der Waals surface area (Å²) in [5.41, 5.74) is 2.15. The summed E-state index contributed by atoms with van der Waals surface area (Å²) in [5.74, 6) is -1.15. The van der Waals surface area contributed by atoms with E-state index in [-0.39, 0.29) is 12.8 Å². The van der Waals surface area contributed by atoms with E-state index in [1.807, 2.05) is 0 Å². The zero-order valence-corrected chi connectivity index (χ0v) is 18.5. The highest BCUT2D eigenvalue weighted by Gasteiger charge is 2.37. The summed E-state index contributed by atoms with van der Waals surface area (Å²) in [6.45, 7) is 0.347. The van der Waals surface area contributed by atoms with Gasteiger partial charge >= 0.3 is 18.0 Å². The maximum absolute atomic E-state index is 13.2. The van der Waals surface area contributed by atoms with Crippen LogP contribution in [0.5, 0.6) is 0 Å². The smallest absolute Gasteiger partial charge is 0.328 e. The van der Waals surface area contributed by atoms with Crippen molar-refractivity contribution in [3.63, 3.8) is 0 Å². The Kier molecular flexibility index (Phi) is 7.40. The Morgan fingerprint density at radius 3 is 2.77 bits per heavy atom. The predicted molar refractivity (Wildman–Crippen MR) is 113 cm³/mol. The molecule has 1 aromatic heterocycles. The molecule has 0 fully saturated rings.